The van der Waals surface area contributed by atoms with E-state index in [2.05, 4.69) is 30.5 Å². The quantitative estimate of drug-likeness (QED) is 0.763. The Balaban J connectivity index is 2.05. The predicted octanol–water partition coefficient (Wildman–Crippen LogP) is 0.774. The lowest BCUT2D eigenvalue weighted by atomic mass is 10.3. The summed E-state index contributed by atoms with van der Waals surface area (Å²) in [6.45, 7) is 2.62. The summed E-state index contributed by atoms with van der Waals surface area (Å²) < 4.78 is 0. The first-order valence-corrected chi connectivity index (χ1v) is 5.62. The molecular weight excluding hydrogens is 224 g/mol. The maximum absolute atomic E-state index is 4.22. The molecule has 0 amide bonds. The van der Waals surface area contributed by atoms with E-state index in [0.717, 1.165) is 17.9 Å². The molecule has 6 nitrogen and oxygen atoms in total. The smallest absolute Gasteiger partial charge is 0.216 e. The van der Waals surface area contributed by atoms with Crippen molar-refractivity contribution in [3.05, 3.63) is 23.8 Å². The molecule has 0 aliphatic carbocycles. The third-order valence-corrected chi connectivity index (χ3v) is 2.58. The molecule has 2 N–H and O–H groups in total. The minimum atomic E-state index is 0.638. The number of aromatic amines is 1. The van der Waals surface area contributed by atoms with Crippen LogP contribution in [0, 0.1) is 6.92 Å². The van der Waals surface area contributed by atoms with Gasteiger partial charge in [0.15, 0.2) is 5.16 Å². The van der Waals surface area contributed by atoms with Gasteiger partial charge in [-0.1, -0.05) is 0 Å². The van der Waals surface area contributed by atoms with E-state index < -0.39 is 0 Å². The molecule has 0 spiro atoms. The van der Waals surface area contributed by atoms with E-state index >= 15 is 0 Å². The van der Waals surface area contributed by atoms with Gasteiger partial charge in [-0.05, 0) is 25.7 Å². The Bertz CT molecular complexity index is 451. The molecule has 0 aliphatic heterocycles. The molecule has 0 bridgehead atoms. The zero-order chi connectivity index (χ0) is 11.4. The zero-order valence-corrected chi connectivity index (χ0v) is 9.88. The fraction of sp³-hybridized carbons (Fsp3) is 0.333. The van der Waals surface area contributed by atoms with E-state index in [1.165, 1.54) is 11.8 Å². The maximum Gasteiger partial charge on any atom is 0.216 e. The van der Waals surface area contributed by atoms with Crippen molar-refractivity contribution in [1.82, 2.24) is 30.5 Å². The average molecular weight is 236 g/mol. The van der Waals surface area contributed by atoms with Gasteiger partial charge in [0.2, 0.25) is 5.16 Å². The van der Waals surface area contributed by atoms with E-state index in [-0.39, 0.29) is 0 Å². The summed E-state index contributed by atoms with van der Waals surface area (Å²) in [5, 5.41) is 11.1. The molecule has 0 aromatic carbocycles. The van der Waals surface area contributed by atoms with Crippen LogP contribution >= 0.6 is 11.8 Å². The minimum Gasteiger partial charge on any atom is -0.316 e. The molecular formula is C9H12N6S. The predicted molar refractivity (Wildman–Crippen MR) is 60.0 cm³/mol. The van der Waals surface area contributed by atoms with Gasteiger partial charge in [0, 0.05) is 24.5 Å². The van der Waals surface area contributed by atoms with Crippen molar-refractivity contribution in [2.45, 2.75) is 23.8 Å². The summed E-state index contributed by atoms with van der Waals surface area (Å²) in [7, 11) is 1.89. The van der Waals surface area contributed by atoms with Crippen LogP contribution in [0.5, 0.6) is 0 Å². The topological polar surface area (TPSA) is 79.4 Å². The highest BCUT2D eigenvalue weighted by Gasteiger charge is 2.05. The molecule has 2 rings (SSSR count). The number of aryl methyl sites for hydroxylation is 1. The van der Waals surface area contributed by atoms with Gasteiger partial charge in [0.05, 0.1) is 0 Å². The molecule has 84 valence electrons. The third kappa shape index (κ3) is 2.77. The highest BCUT2D eigenvalue weighted by molar-refractivity contribution is 7.99. The highest BCUT2D eigenvalue weighted by Crippen LogP contribution is 2.19. The molecule has 7 heteroatoms. The molecule has 2 aromatic heterocycles. The van der Waals surface area contributed by atoms with Crippen molar-refractivity contribution in [2.24, 2.45) is 0 Å². The van der Waals surface area contributed by atoms with Gasteiger partial charge < -0.3 is 5.32 Å². The second kappa shape index (κ2) is 5.04. The van der Waals surface area contributed by atoms with Crippen molar-refractivity contribution in [3.63, 3.8) is 0 Å². The molecule has 0 saturated carbocycles. The molecule has 0 radical (unpaired) electrons. The number of nitrogens with one attached hydrogen (secondary N) is 2. The lowest BCUT2D eigenvalue weighted by molar-refractivity contribution is 0.792. The van der Waals surface area contributed by atoms with E-state index in [1.54, 1.807) is 12.4 Å². The normalized spacial score (nSPS) is 10.6. The van der Waals surface area contributed by atoms with Crippen LogP contribution in [0.2, 0.25) is 0 Å². The lowest BCUT2D eigenvalue weighted by Crippen LogP contribution is -2.05. The largest absolute Gasteiger partial charge is 0.316 e. The molecule has 0 saturated heterocycles. The number of hydrogen-bond donors (Lipinski definition) is 2. The summed E-state index contributed by atoms with van der Waals surface area (Å²) >= 11 is 1.34. The van der Waals surface area contributed by atoms with Crippen LogP contribution in [0.15, 0.2) is 22.7 Å². The van der Waals surface area contributed by atoms with E-state index in [0.29, 0.717) is 10.3 Å². The zero-order valence-electron chi connectivity index (χ0n) is 9.06. The summed E-state index contributed by atoms with van der Waals surface area (Å²) in [4.78, 5) is 12.6. The minimum absolute atomic E-state index is 0.638. The van der Waals surface area contributed by atoms with E-state index in [1.807, 2.05) is 14.0 Å². The fourth-order valence-electron chi connectivity index (χ4n) is 1.14. The van der Waals surface area contributed by atoms with Crippen molar-refractivity contribution >= 4 is 11.8 Å². The Hall–Kier alpha value is -1.47. The summed E-state index contributed by atoms with van der Waals surface area (Å²) in [6, 6.07) is 0. The Morgan fingerprint density at radius 3 is 2.62 bits per heavy atom. The number of rotatable bonds is 4. The first-order chi connectivity index (χ1) is 7.78. The third-order valence-electron chi connectivity index (χ3n) is 1.82. The van der Waals surface area contributed by atoms with Gasteiger partial charge in [0.25, 0.3) is 0 Å². The number of aromatic nitrogens is 5. The molecule has 16 heavy (non-hydrogen) atoms. The van der Waals surface area contributed by atoms with Crippen LogP contribution in [0.4, 0.5) is 0 Å². The first-order valence-electron chi connectivity index (χ1n) is 4.80. The number of nitrogens with zero attached hydrogens (tertiary/aromatic N) is 4. The average Bonchev–Trinajstić information content (AvgIpc) is 2.67. The Morgan fingerprint density at radius 1 is 1.31 bits per heavy atom. The van der Waals surface area contributed by atoms with Crippen LogP contribution in [-0.2, 0) is 6.54 Å². The van der Waals surface area contributed by atoms with Crippen molar-refractivity contribution in [2.75, 3.05) is 7.05 Å². The summed E-state index contributed by atoms with van der Waals surface area (Å²) in [5.74, 6) is 0.786. The first kappa shape index (κ1) is 11.0. The van der Waals surface area contributed by atoms with Crippen molar-refractivity contribution < 1.29 is 0 Å². The summed E-state index contributed by atoms with van der Waals surface area (Å²) in [6.07, 6.45) is 3.59. The van der Waals surface area contributed by atoms with Gasteiger partial charge >= 0.3 is 0 Å². The molecule has 2 heterocycles. The number of hydrogen-bond acceptors (Lipinski definition) is 6. The van der Waals surface area contributed by atoms with Gasteiger partial charge in [-0.2, -0.15) is 0 Å². The van der Waals surface area contributed by atoms with Gasteiger partial charge in [-0.3, -0.25) is 5.10 Å². The molecule has 0 aliphatic rings. The van der Waals surface area contributed by atoms with E-state index in [9.17, 15) is 0 Å². The van der Waals surface area contributed by atoms with Gasteiger partial charge in [0.1, 0.15) is 5.82 Å². The lowest BCUT2D eigenvalue weighted by Gasteiger charge is -1.99. The van der Waals surface area contributed by atoms with Crippen LogP contribution in [0.1, 0.15) is 11.4 Å². The number of H-pyrrole nitrogens is 1. The van der Waals surface area contributed by atoms with Crippen molar-refractivity contribution in [3.8, 4) is 0 Å². The van der Waals surface area contributed by atoms with Crippen LogP contribution in [-0.4, -0.2) is 32.2 Å². The van der Waals surface area contributed by atoms with Gasteiger partial charge in [-0.15, -0.1) is 5.10 Å². The molecule has 0 fully saturated rings. The van der Waals surface area contributed by atoms with Crippen molar-refractivity contribution in [1.29, 1.82) is 0 Å². The SMILES string of the molecule is CNCc1cnc(Sc2n[nH]c(C)n2)nc1. The van der Waals surface area contributed by atoms with E-state index in [4.69, 9.17) is 0 Å². The standard InChI is InChI=1S/C9H12N6S/c1-6-13-9(15-14-6)16-8-11-4-7(3-10-2)5-12-8/h4-5,10H,3H2,1-2H3,(H,13,14,15). The molecule has 2 aromatic rings. The Morgan fingerprint density at radius 2 is 2.06 bits per heavy atom. The summed E-state index contributed by atoms with van der Waals surface area (Å²) in [5.41, 5.74) is 1.05. The Kier molecular flexibility index (Phi) is 3.47. The monoisotopic (exact) mass is 236 g/mol. The van der Waals surface area contributed by atoms with Gasteiger partial charge in [-0.25, -0.2) is 15.0 Å². The highest BCUT2D eigenvalue weighted by atomic mass is 32.2. The molecule has 0 atom stereocenters. The van der Waals surface area contributed by atoms with Crippen LogP contribution < -0.4 is 5.32 Å². The second-order valence-corrected chi connectivity index (χ2v) is 4.14. The second-order valence-electron chi connectivity index (χ2n) is 3.21. The molecule has 0 unspecified atom stereocenters. The van der Waals surface area contributed by atoms with Crippen LogP contribution in [0.3, 0.4) is 0 Å². The Labute approximate surface area is 97.3 Å². The fourth-order valence-corrected chi connectivity index (χ4v) is 1.79. The maximum atomic E-state index is 4.22. The van der Waals surface area contributed by atoms with Crippen LogP contribution in [0.25, 0.3) is 0 Å².